The summed E-state index contributed by atoms with van der Waals surface area (Å²) in [5.41, 5.74) is 3.27. The standard InChI is InChI=1S/C25H21N7O4S3/c1-36-21-10-8-19(32(34)35)11-17(21)14-38-25-27-20-9-7-18(12-22(20)39-25)26-23(33)15-37-24-28-29-30-31(24)13-16-5-3-2-4-6-16/h2-12H,13-15H2,1H3,(H,26,33). The number of aromatic nitrogens is 5. The summed E-state index contributed by atoms with van der Waals surface area (Å²) in [6, 6.07) is 19.9. The highest BCUT2D eigenvalue weighted by Gasteiger charge is 2.14. The molecule has 5 aromatic rings. The number of methoxy groups -OCH3 is 1. The lowest BCUT2D eigenvalue weighted by atomic mass is 10.2. The highest BCUT2D eigenvalue weighted by Crippen LogP contribution is 2.35. The minimum absolute atomic E-state index is 0.0157. The normalized spacial score (nSPS) is 11.0. The zero-order valence-corrected chi connectivity index (χ0v) is 23.0. The number of non-ortho nitro benzene ring substituents is 1. The molecule has 14 heteroatoms. The third-order valence-corrected chi connectivity index (χ3v) is 8.65. The first-order valence-electron chi connectivity index (χ1n) is 11.6. The van der Waals surface area contributed by atoms with Crippen LogP contribution in [0.1, 0.15) is 11.1 Å². The Bertz CT molecular complexity index is 1620. The molecule has 0 aliphatic rings. The number of nitrogens with zero attached hydrogens (tertiary/aromatic N) is 6. The first-order chi connectivity index (χ1) is 19.0. The third-order valence-electron chi connectivity index (χ3n) is 5.49. The van der Waals surface area contributed by atoms with Gasteiger partial charge in [-0.2, -0.15) is 0 Å². The molecule has 198 valence electrons. The maximum absolute atomic E-state index is 12.6. The van der Waals surface area contributed by atoms with Crippen LogP contribution in [0.3, 0.4) is 0 Å². The van der Waals surface area contributed by atoms with Gasteiger partial charge in [-0.25, -0.2) is 9.67 Å². The van der Waals surface area contributed by atoms with Crippen LogP contribution in [-0.2, 0) is 17.1 Å². The van der Waals surface area contributed by atoms with Gasteiger partial charge in [0.2, 0.25) is 11.1 Å². The Morgan fingerprint density at radius 2 is 1.97 bits per heavy atom. The van der Waals surface area contributed by atoms with Gasteiger partial charge < -0.3 is 10.1 Å². The van der Waals surface area contributed by atoms with Crippen molar-refractivity contribution in [2.24, 2.45) is 0 Å². The summed E-state index contributed by atoms with van der Waals surface area (Å²) in [4.78, 5) is 28.0. The Morgan fingerprint density at radius 3 is 2.77 bits per heavy atom. The topological polar surface area (TPSA) is 138 Å². The van der Waals surface area contributed by atoms with E-state index in [1.54, 1.807) is 10.7 Å². The van der Waals surface area contributed by atoms with Gasteiger partial charge in [-0.3, -0.25) is 14.9 Å². The lowest BCUT2D eigenvalue weighted by Crippen LogP contribution is -2.14. The molecule has 0 aliphatic heterocycles. The summed E-state index contributed by atoms with van der Waals surface area (Å²) >= 11 is 4.22. The van der Waals surface area contributed by atoms with Gasteiger partial charge in [-0.05, 0) is 40.3 Å². The molecule has 0 atom stereocenters. The number of tetrazole rings is 1. The first kappa shape index (κ1) is 26.6. The van der Waals surface area contributed by atoms with E-state index in [2.05, 4.69) is 25.8 Å². The van der Waals surface area contributed by atoms with E-state index in [4.69, 9.17) is 4.74 Å². The molecule has 0 unspecified atom stereocenters. The first-order valence-corrected chi connectivity index (χ1v) is 14.3. The van der Waals surface area contributed by atoms with Gasteiger partial charge in [0.05, 0.1) is 34.5 Å². The van der Waals surface area contributed by atoms with E-state index in [0.29, 0.717) is 28.9 Å². The number of anilines is 1. The van der Waals surface area contributed by atoms with Crippen LogP contribution in [0.2, 0.25) is 0 Å². The van der Waals surface area contributed by atoms with Crippen LogP contribution in [0.15, 0.2) is 76.2 Å². The van der Waals surface area contributed by atoms with Crippen molar-refractivity contribution in [3.8, 4) is 5.75 Å². The summed E-state index contributed by atoms with van der Waals surface area (Å²) in [6.07, 6.45) is 0. The fraction of sp³-hybridized carbons (Fsp3) is 0.160. The van der Waals surface area contributed by atoms with E-state index >= 15 is 0 Å². The van der Waals surface area contributed by atoms with Crippen molar-refractivity contribution >= 4 is 62.4 Å². The number of nitrogens with one attached hydrogen (secondary N) is 1. The smallest absolute Gasteiger partial charge is 0.270 e. The number of hydrogen-bond acceptors (Lipinski definition) is 11. The summed E-state index contributed by atoms with van der Waals surface area (Å²) in [7, 11) is 1.54. The van der Waals surface area contributed by atoms with Crippen molar-refractivity contribution in [3.63, 3.8) is 0 Å². The number of hydrogen-bond donors (Lipinski definition) is 1. The molecule has 0 fully saturated rings. The number of fused-ring (bicyclic) bond motifs is 1. The van der Waals surface area contributed by atoms with Gasteiger partial charge in [0.25, 0.3) is 5.69 Å². The SMILES string of the molecule is COc1ccc([N+](=O)[O-])cc1CSc1nc2ccc(NC(=O)CSc3nnnn3Cc3ccccc3)cc2s1. The second-order valence-electron chi connectivity index (χ2n) is 8.15. The molecule has 0 radical (unpaired) electrons. The molecule has 5 rings (SSSR count). The van der Waals surface area contributed by atoms with E-state index in [-0.39, 0.29) is 17.3 Å². The molecule has 39 heavy (non-hydrogen) atoms. The number of rotatable bonds is 11. The molecular weight excluding hydrogens is 559 g/mol. The van der Waals surface area contributed by atoms with Gasteiger partial charge in [0.1, 0.15) is 5.75 Å². The lowest BCUT2D eigenvalue weighted by molar-refractivity contribution is -0.384. The average molecular weight is 580 g/mol. The number of nitro groups is 1. The minimum Gasteiger partial charge on any atom is -0.496 e. The van der Waals surface area contributed by atoms with Crippen LogP contribution < -0.4 is 10.1 Å². The largest absolute Gasteiger partial charge is 0.496 e. The van der Waals surface area contributed by atoms with Crippen LogP contribution in [-0.4, -0.2) is 48.9 Å². The highest BCUT2D eigenvalue weighted by molar-refractivity contribution is 8.00. The zero-order chi connectivity index (χ0) is 27.2. The Morgan fingerprint density at radius 1 is 1.13 bits per heavy atom. The molecule has 0 aliphatic carbocycles. The quantitative estimate of drug-likeness (QED) is 0.125. The Balaban J connectivity index is 1.19. The van der Waals surface area contributed by atoms with Gasteiger partial charge in [-0.1, -0.05) is 53.9 Å². The van der Waals surface area contributed by atoms with Crippen molar-refractivity contribution in [1.29, 1.82) is 0 Å². The Labute approximate surface area is 235 Å². The average Bonchev–Trinajstić information content (AvgIpc) is 3.57. The fourth-order valence-corrected chi connectivity index (χ4v) is 6.42. The van der Waals surface area contributed by atoms with Crippen molar-refractivity contribution in [2.45, 2.75) is 21.8 Å². The Hall–Kier alpha value is -4.01. The van der Waals surface area contributed by atoms with Gasteiger partial charge in [-0.15, -0.1) is 16.4 Å². The van der Waals surface area contributed by atoms with Crippen LogP contribution in [0, 0.1) is 10.1 Å². The number of thiazole rings is 1. The van der Waals surface area contributed by atoms with E-state index < -0.39 is 4.92 Å². The molecule has 0 bridgehead atoms. The summed E-state index contributed by atoms with van der Waals surface area (Å²) < 4.78 is 8.74. The predicted octanol–water partition coefficient (Wildman–Crippen LogP) is 5.27. The molecule has 1 N–H and O–H groups in total. The van der Waals surface area contributed by atoms with Crippen LogP contribution in [0.25, 0.3) is 10.2 Å². The van der Waals surface area contributed by atoms with Gasteiger partial charge in [0.15, 0.2) is 4.34 Å². The number of ether oxygens (including phenoxy) is 1. The third kappa shape index (κ3) is 6.71. The molecule has 2 aromatic heterocycles. The number of carbonyl (C=O) groups excluding carboxylic acids is 1. The van der Waals surface area contributed by atoms with Crippen molar-refractivity contribution < 1.29 is 14.5 Å². The number of nitro benzene ring substituents is 1. The van der Waals surface area contributed by atoms with Crippen LogP contribution in [0.5, 0.6) is 5.75 Å². The molecule has 0 spiro atoms. The minimum atomic E-state index is -0.424. The monoisotopic (exact) mass is 579 g/mol. The second kappa shape index (κ2) is 12.2. The second-order valence-corrected chi connectivity index (χ2v) is 11.3. The van der Waals surface area contributed by atoms with E-state index in [0.717, 1.165) is 25.7 Å². The van der Waals surface area contributed by atoms with Crippen LogP contribution >= 0.6 is 34.9 Å². The Kier molecular flexibility index (Phi) is 8.34. The molecule has 2 heterocycles. The maximum atomic E-state index is 12.6. The van der Waals surface area contributed by atoms with Gasteiger partial charge in [0, 0.05) is 29.1 Å². The summed E-state index contributed by atoms with van der Waals surface area (Å²) in [5, 5.41) is 26.4. The van der Waals surface area contributed by atoms with Gasteiger partial charge >= 0.3 is 0 Å². The predicted molar refractivity (Wildman–Crippen MR) is 152 cm³/mol. The van der Waals surface area contributed by atoms with Crippen molar-refractivity contribution in [2.75, 3.05) is 18.2 Å². The maximum Gasteiger partial charge on any atom is 0.270 e. The van der Waals surface area contributed by atoms with E-state index in [1.807, 2.05) is 48.5 Å². The lowest BCUT2D eigenvalue weighted by Gasteiger charge is -2.06. The molecular formula is C25H21N7O4S3. The zero-order valence-electron chi connectivity index (χ0n) is 20.5. The molecule has 0 saturated heterocycles. The van der Waals surface area contributed by atoms with E-state index in [9.17, 15) is 14.9 Å². The number of amides is 1. The molecule has 0 saturated carbocycles. The van der Waals surface area contributed by atoms with Crippen molar-refractivity contribution in [1.82, 2.24) is 25.2 Å². The molecule has 3 aromatic carbocycles. The number of carbonyl (C=O) groups is 1. The summed E-state index contributed by atoms with van der Waals surface area (Å²) in [5.74, 6) is 1.04. The fourth-order valence-electron chi connectivity index (χ4n) is 3.66. The van der Waals surface area contributed by atoms with Crippen molar-refractivity contribution in [3.05, 3.63) is 88.0 Å². The molecule has 11 nitrogen and oxygen atoms in total. The van der Waals surface area contributed by atoms with Crippen LogP contribution in [0.4, 0.5) is 11.4 Å². The van der Waals surface area contributed by atoms with E-state index in [1.165, 1.54) is 54.1 Å². The number of thioether (sulfide) groups is 2. The highest BCUT2D eigenvalue weighted by atomic mass is 32.2. The molecule has 1 amide bonds. The summed E-state index contributed by atoms with van der Waals surface area (Å²) in [6.45, 7) is 0.522. The number of benzene rings is 3.